The number of aliphatic hydroxyl groups is 2. The van der Waals surface area contributed by atoms with Crippen molar-refractivity contribution in [3.8, 4) is 5.75 Å². The smallest absolute Gasteiger partial charge is 0.229 e. The minimum Gasteiger partial charge on any atom is -0.490 e. The average Bonchev–Trinajstić information content (AvgIpc) is 2.85. The molecule has 1 atom stereocenters. The Morgan fingerprint density at radius 3 is 2.95 bits per heavy atom. The van der Waals surface area contributed by atoms with E-state index in [1.54, 1.807) is 6.07 Å². The van der Waals surface area contributed by atoms with Gasteiger partial charge >= 0.3 is 0 Å². The Hall–Kier alpha value is -1.63. The van der Waals surface area contributed by atoms with Crippen molar-refractivity contribution >= 4 is 11.6 Å². The van der Waals surface area contributed by atoms with Gasteiger partial charge in [0.2, 0.25) is 5.91 Å². The van der Waals surface area contributed by atoms with Crippen molar-refractivity contribution in [2.24, 2.45) is 5.41 Å². The maximum absolute atomic E-state index is 11.4. The van der Waals surface area contributed by atoms with Crippen molar-refractivity contribution in [1.29, 1.82) is 0 Å². The van der Waals surface area contributed by atoms with E-state index in [0.717, 1.165) is 11.3 Å². The van der Waals surface area contributed by atoms with E-state index >= 15 is 0 Å². The molecule has 1 amide bonds. The van der Waals surface area contributed by atoms with E-state index < -0.39 is 6.10 Å². The summed E-state index contributed by atoms with van der Waals surface area (Å²) in [4.78, 5) is 11.4. The third-order valence-corrected chi connectivity index (χ3v) is 3.59. The lowest BCUT2D eigenvalue weighted by molar-refractivity contribution is -0.115. The topological polar surface area (TPSA) is 90.8 Å². The zero-order chi connectivity index (χ0) is 16.2. The molecular formula is C16H24N2O4. The minimum absolute atomic E-state index is 0.0421. The maximum Gasteiger partial charge on any atom is 0.229 e. The number of rotatable bonds is 8. The number of nitrogens with one attached hydrogen (secondary N) is 2. The zero-order valence-electron chi connectivity index (χ0n) is 13.1. The van der Waals surface area contributed by atoms with Gasteiger partial charge in [-0.05, 0) is 12.1 Å². The van der Waals surface area contributed by atoms with Crippen molar-refractivity contribution in [1.82, 2.24) is 5.32 Å². The summed E-state index contributed by atoms with van der Waals surface area (Å²) in [5.41, 5.74) is 1.40. The molecule has 2 rings (SSSR count). The number of carbonyl (C=O) groups is 1. The summed E-state index contributed by atoms with van der Waals surface area (Å²) >= 11 is 0. The lowest BCUT2D eigenvalue weighted by atomic mass is 9.95. The highest BCUT2D eigenvalue weighted by atomic mass is 16.5. The van der Waals surface area contributed by atoms with Gasteiger partial charge < -0.3 is 25.6 Å². The first-order valence-corrected chi connectivity index (χ1v) is 7.45. The van der Waals surface area contributed by atoms with Gasteiger partial charge in [-0.1, -0.05) is 19.9 Å². The Morgan fingerprint density at radius 2 is 2.23 bits per heavy atom. The average molecular weight is 308 g/mol. The number of aliphatic hydroxyl groups excluding tert-OH is 2. The van der Waals surface area contributed by atoms with Crippen molar-refractivity contribution in [2.45, 2.75) is 26.4 Å². The van der Waals surface area contributed by atoms with Crippen LogP contribution in [0.15, 0.2) is 18.2 Å². The summed E-state index contributed by atoms with van der Waals surface area (Å²) in [6, 6.07) is 5.45. The van der Waals surface area contributed by atoms with Gasteiger partial charge in [-0.25, -0.2) is 0 Å². The molecule has 22 heavy (non-hydrogen) atoms. The minimum atomic E-state index is -0.657. The van der Waals surface area contributed by atoms with Crippen molar-refractivity contribution in [2.75, 3.05) is 31.6 Å². The van der Waals surface area contributed by atoms with Gasteiger partial charge in [-0.15, -0.1) is 0 Å². The number of anilines is 1. The monoisotopic (exact) mass is 308 g/mol. The number of amides is 1. The van der Waals surface area contributed by atoms with Gasteiger partial charge in [0.05, 0.1) is 6.42 Å². The molecule has 0 saturated heterocycles. The molecule has 122 valence electrons. The highest BCUT2D eigenvalue weighted by Gasteiger charge is 2.22. The van der Waals surface area contributed by atoms with Gasteiger partial charge in [-0.2, -0.15) is 0 Å². The number of benzene rings is 1. The fourth-order valence-corrected chi connectivity index (χ4v) is 2.23. The molecule has 1 unspecified atom stereocenters. The fourth-order valence-electron chi connectivity index (χ4n) is 2.23. The van der Waals surface area contributed by atoms with Crippen LogP contribution >= 0.6 is 0 Å². The number of carbonyl (C=O) groups excluding carboxylic acids is 1. The number of hydrogen-bond acceptors (Lipinski definition) is 5. The summed E-state index contributed by atoms with van der Waals surface area (Å²) in [6.45, 7) is 5.12. The van der Waals surface area contributed by atoms with Crippen LogP contribution in [0.3, 0.4) is 0 Å². The van der Waals surface area contributed by atoms with Crippen molar-refractivity contribution in [3.63, 3.8) is 0 Å². The molecule has 0 spiro atoms. The van der Waals surface area contributed by atoms with Crippen LogP contribution in [-0.2, 0) is 11.2 Å². The van der Waals surface area contributed by atoms with Crippen LogP contribution in [0.4, 0.5) is 5.69 Å². The second-order valence-corrected chi connectivity index (χ2v) is 6.43. The predicted octanol–water partition coefficient (Wildman–Crippen LogP) is 0.529. The first kappa shape index (κ1) is 16.7. The summed E-state index contributed by atoms with van der Waals surface area (Å²) < 4.78 is 5.64. The molecule has 1 aromatic carbocycles. The lowest BCUT2D eigenvalue weighted by Crippen LogP contribution is -2.38. The third-order valence-electron chi connectivity index (χ3n) is 3.59. The molecule has 0 aromatic heterocycles. The van der Waals surface area contributed by atoms with E-state index in [2.05, 4.69) is 10.6 Å². The zero-order valence-corrected chi connectivity index (χ0v) is 13.1. The second kappa shape index (κ2) is 7.09. The molecule has 1 aliphatic heterocycles. The number of ether oxygens (including phenoxy) is 1. The molecule has 1 heterocycles. The van der Waals surface area contributed by atoms with Gasteiger partial charge in [-0.3, -0.25) is 4.79 Å². The molecule has 0 bridgehead atoms. The van der Waals surface area contributed by atoms with E-state index in [4.69, 9.17) is 9.84 Å². The van der Waals surface area contributed by atoms with Gasteiger partial charge in [0.1, 0.15) is 18.5 Å². The first-order valence-electron chi connectivity index (χ1n) is 7.45. The predicted molar refractivity (Wildman–Crippen MR) is 84.0 cm³/mol. The van der Waals surface area contributed by atoms with E-state index in [1.807, 2.05) is 26.0 Å². The lowest BCUT2D eigenvalue weighted by Gasteiger charge is -2.23. The number of fused-ring (bicyclic) bond motifs is 1. The molecule has 0 fully saturated rings. The van der Waals surface area contributed by atoms with Crippen LogP contribution in [0.5, 0.6) is 5.75 Å². The summed E-state index contributed by atoms with van der Waals surface area (Å²) in [7, 11) is 0. The summed E-state index contributed by atoms with van der Waals surface area (Å²) in [6.07, 6.45) is -0.347. The molecule has 1 aromatic rings. The summed E-state index contributed by atoms with van der Waals surface area (Å²) in [5, 5.41) is 25.0. The Balaban J connectivity index is 1.79. The van der Waals surface area contributed by atoms with Crippen molar-refractivity contribution in [3.05, 3.63) is 23.8 Å². The number of hydrogen-bond donors (Lipinski definition) is 4. The van der Waals surface area contributed by atoms with E-state index in [1.165, 1.54) is 0 Å². The molecule has 0 aliphatic carbocycles. The fraction of sp³-hybridized carbons (Fsp3) is 0.562. The molecular weight excluding hydrogens is 284 g/mol. The Kier molecular flexibility index (Phi) is 5.39. The normalized spacial score (nSPS) is 15.4. The van der Waals surface area contributed by atoms with E-state index in [0.29, 0.717) is 25.3 Å². The van der Waals surface area contributed by atoms with Crippen LogP contribution in [0.1, 0.15) is 19.4 Å². The molecule has 4 N–H and O–H groups in total. The molecule has 6 nitrogen and oxygen atoms in total. The Labute approximate surface area is 130 Å². The van der Waals surface area contributed by atoms with E-state index in [-0.39, 0.29) is 24.5 Å². The van der Waals surface area contributed by atoms with Gasteiger partial charge in [0.25, 0.3) is 0 Å². The van der Waals surface area contributed by atoms with Gasteiger partial charge in [0.15, 0.2) is 0 Å². The van der Waals surface area contributed by atoms with Crippen LogP contribution in [0.2, 0.25) is 0 Å². The highest BCUT2D eigenvalue weighted by Crippen LogP contribution is 2.31. The molecule has 6 heteroatoms. The maximum atomic E-state index is 11.4. The Bertz CT molecular complexity index is 531. The highest BCUT2D eigenvalue weighted by molar-refractivity contribution is 6.00. The largest absolute Gasteiger partial charge is 0.490 e. The molecule has 1 aliphatic rings. The third kappa shape index (κ3) is 4.43. The Morgan fingerprint density at radius 1 is 1.45 bits per heavy atom. The first-order chi connectivity index (χ1) is 10.4. The SMILES string of the molecule is CC(C)(CO)CNCC(O)COc1cccc2c1CC(=O)N2. The van der Waals surface area contributed by atoms with E-state index in [9.17, 15) is 9.90 Å². The summed E-state index contributed by atoms with van der Waals surface area (Å²) in [5.74, 6) is 0.588. The standard InChI is InChI=1S/C16H24N2O4/c1-16(2,10-19)9-17-7-11(20)8-22-14-5-3-4-13-12(14)6-15(21)18-13/h3-5,11,17,19-20H,6-10H2,1-2H3,(H,18,21). The van der Waals surface area contributed by atoms with Crippen LogP contribution in [-0.4, -0.2) is 48.5 Å². The van der Waals surface area contributed by atoms with Crippen molar-refractivity contribution < 1.29 is 19.7 Å². The van der Waals surface area contributed by atoms with Crippen LogP contribution < -0.4 is 15.4 Å². The van der Waals surface area contributed by atoms with Crippen LogP contribution in [0, 0.1) is 5.41 Å². The quantitative estimate of drug-likeness (QED) is 0.562. The molecule has 0 saturated carbocycles. The van der Waals surface area contributed by atoms with Crippen LogP contribution in [0.25, 0.3) is 0 Å². The second-order valence-electron chi connectivity index (χ2n) is 6.43. The molecule has 0 radical (unpaired) electrons. The van der Waals surface area contributed by atoms with Gasteiger partial charge in [0, 0.05) is 36.4 Å².